The summed E-state index contributed by atoms with van der Waals surface area (Å²) in [5, 5.41) is 2.81. The molecule has 0 aliphatic rings. The maximum absolute atomic E-state index is 12.3. The Morgan fingerprint density at radius 2 is 1.89 bits per heavy atom. The van der Waals surface area contributed by atoms with Crippen LogP contribution in [-0.4, -0.2) is 45.7 Å². The van der Waals surface area contributed by atoms with E-state index in [0.29, 0.717) is 12.2 Å². The highest BCUT2D eigenvalue weighted by Crippen LogP contribution is 2.23. The molecule has 0 bridgehead atoms. The van der Waals surface area contributed by atoms with Gasteiger partial charge >= 0.3 is 0 Å². The summed E-state index contributed by atoms with van der Waals surface area (Å²) < 4.78 is 25.5. The van der Waals surface area contributed by atoms with Crippen LogP contribution in [0.5, 0.6) is 0 Å². The molecule has 8 heteroatoms. The molecule has 2 aromatic rings. The van der Waals surface area contributed by atoms with Gasteiger partial charge in [0.05, 0.1) is 11.9 Å². The number of thioether (sulfide) groups is 2. The Bertz CT molecular complexity index is 901. The number of nitrogens with one attached hydrogen (secondary N) is 1. The zero-order valence-electron chi connectivity index (χ0n) is 16.3. The summed E-state index contributed by atoms with van der Waals surface area (Å²) in [6.07, 6.45) is 3.04. The normalized spacial score (nSPS) is 11.2. The van der Waals surface area contributed by atoms with E-state index in [1.54, 1.807) is 30.0 Å². The number of rotatable bonds is 10. The van der Waals surface area contributed by atoms with Gasteiger partial charge in [0.1, 0.15) is 6.54 Å². The highest BCUT2D eigenvalue weighted by Gasteiger charge is 2.20. The van der Waals surface area contributed by atoms with Crippen molar-refractivity contribution >= 4 is 45.1 Å². The summed E-state index contributed by atoms with van der Waals surface area (Å²) >= 11 is 3.26. The third-order valence-corrected chi connectivity index (χ3v) is 6.84. The summed E-state index contributed by atoms with van der Waals surface area (Å²) in [7, 11) is -3.56. The number of sulfonamides is 1. The quantitative estimate of drug-likeness (QED) is 0.454. The van der Waals surface area contributed by atoms with Crippen molar-refractivity contribution in [3.63, 3.8) is 0 Å². The van der Waals surface area contributed by atoms with Crippen LogP contribution in [0, 0.1) is 6.92 Å². The van der Waals surface area contributed by atoms with Crippen molar-refractivity contribution < 1.29 is 13.2 Å². The number of hydrogen-bond acceptors (Lipinski definition) is 5. The van der Waals surface area contributed by atoms with Crippen LogP contribution in [0.1, 0.15) is 11.1 Å². The minimum absolute atomic E-state index is 0.223. The summed E-state index contributed by atoms with van der Waals surface area (Å²) in [4.78, 5) is 13.2. The Morgan fingerprint density at radius 1 is 1.14 bits per heavy atom. The lowest BCUT2D eigenvalue weighted by Crippen LogP contribution is -2.41. The second-order valence-corrected chi connectivity index (χ2v) is 10.3. The lowest BCUT2D eigenvalue weighted by molar-refractivity contribution is -0.119. The van der Waals surface area contributed by atoms with Crippen LogP contribution < -0.4 is 9.62 Å². The monoisotopic (exact) mass is 438 g/mol. The number of hydrogen-bond donors (Lipinski definition) is 1. The van der Waals surface area contributed by atoms with Gasteiger partial charge < -0.3 is 5.32 Å². The molecule has 0 aliphatic heterocycles. The van der Waals surface area contributed by atoms with Gasteiger partial charge in [-0.05, 0) is 36.9 Å². The van der Waals surface area contributed by atoms with Gasteiger partial charge in [-0.3, -0.25) is 9.10 Å². The van der Waals surface area contributed by atoms with Crippen molar-refractivity contribution in [2.45, 2.75) is 17.6 Å². The molecule has 152 valence electrons. The topological polar surface area (TPSA) is 66.5 Å². The van der Waals surface area contributed by atoms with E-state index < -0.39 is 10.0 Å². The van der Waals surface area contributed by atoms with Gasteiger partial charge in [0, 0.05) is 22.9 Å². The largest absolute Gasteiger partial charge is 0.354 e. The molecule has 0 fully saturated rings. The van der Waals surface area contributed by atoms with Crippen molar-refractivity contribution in [1.82, 2.24) is 5.32 Å². The Morgan fingerprint density at radius 3 is 2.57 bits per heavy atom. The first-order valence-corrected chi connectivity index (χ1v) is 13.0. The minimum Gasteiger partial charge on any atom is -0.354 e. The smallest absolute Gasteiger partial charge is 0.240 e. The fourth-order valence-electron chi connectivity index (χ4n) is 2.61. The molecule has 0 aliphatic carbocycles. The maximum atomic E-state index is 12.3. The first-order chi connectivity index (χ1) is 13.3. The second kappa shape index (κ2) is 10.8. The van der Waals surface area contributed by atoms with E-state index in [2.05, 4.69) is 30.4 Å². The van der Waals surface area contributed by atoms with Crippen molar-refractivity contribution in [2.24, 2.45) is 0 Å². The number of carbonyl (C=O) groups is 1. The van der Waals surface area contributed by atoms with Crippen LogP contribution in [0.3, 0.4) is 0 Å². The van der Waals surface area contributed by atoms with Crippen molar-refractivity contribution in [2.75, 3.05) is 35.7 Å². The number of anilines is 1. The van der Waals surface area contributed by atoms with Crippen molar-refractivity contribution in [3.05, 3.63) is 59.7 Å². The summed E-state index contributed by atoms with van der Waals surface area (Å²) in [5.74, 6) is 1.34. The maximum Gasteiger partial charge on any atom is 0.240 e. The van der Waals surface area contributed by atoms with Crippen LogP contribution in [0.25, 0.3) is 0 Å². The Balaban J connectivity index is 1.84. The van der Waals surface area contributed by atoms with Crippen LogP contribution in [0.2, 0.25) is 0 Å². The molecule has 5 nitrogen and oxygen atoms in total. The number of carbonyl (C=O) groups excluding carboxylic acids is 1. The lowest BCUT2D eigenvalue weighted by Gasteiger charge is -2.22. The first kappa shape index (κ1) is 22.6. The Labute approximate surface area is 176 Å². The van der Waals surface area contributed by atoms with Crippen LogP contribution in [-0.2, 0) is 20.6 Å². The second-order valence-electron chi connectivity index (χ2n) is 6.36. The van der Waals surface area contributed by atoms with E-state index in [0.717, 1.165) is 27.0 Å². The highest BCUT2D eigenvalue weighted by atomic mass is 32.2. The molecular formula is C20H26N2O3S3. The molecule has 0 radical (unpaired) electrons. The average Bonchev–Trinajstić information content (AvgIpc) is 2.65. The van der Waals surface area contributed by atoms with Gasteiger partial charge in [-0.25, -0.2) is 8.42 Å². The number of amides is 1. The van der Waals surface area contributed by atoms with Gasteiger partial charge in [0.25, 0.3) is 0 Å². The molecule has 1 amide bonds. The predicted octanol–water partition coefficient (Wildman–Crippen LogP) is 3.53. The van der Waals surface area contributed by atoms with Crippen LogP contribution >= 0.6 is 23.5 Å². The van der Waals surface area contributed by atoms with Gasteiger partial charge in [-0.15, -0.1) is 11.8 Å². The fraction of sp³-hybridized carbons (Fsp3) is 0.350. The average molecular weight is 439 g/mol. The zero-order valence-corrected chi connectivity index (χ0v) is 18.8. The molecule has 0 heterocycles. The SMILES string of the molecule is CSc1cccc(N(CC(=O)NCCSCc2cccc(C)c2)S(C)(=O)=O)c1. The summed E-state index contributed by atoms with van der Waals surface area (Å²) in [6.45, 7) is 2.34. The molecule has 0 aromatic heterocycles. The van der Waals surface area contributed by atoms with Crippen LogP contribution in [0.4, 0.5) is 5.69 Å². The number of aryl methyl sites for hydroxylation is 1. The summed E-state index contributed by atoms with van der Waals surface area (Å²) in [6, 6.07) is 15.5. The zero-order chi connectivity index (χ0) is 20.6. The highest BCUT2D eigenvalue weighted by molar-refractivity contribution is 7.98. The third-order valence-electron chi connectivity index (χ3n) is 3.95. The van der Waals surface area contributed by atoms with E-state index in [-0.39, 0.29) is 12.5 Å². The third kappa shape index (κ3) is 7.41. The van der Waals surface area contributed by atoms with Gasteiger partial charge in [-0.2, -0.15) is 11.8 Å². The molecule has 2 aromatic carbocycles. The van der Waals surface area contributed by atoms with E-state index in [9.17, 15) is 13.2 Å². The first-order valence-electron chi connectivity index (χ1n) is 8.81. The molecule has 0 saturated carbocycles. The lowest BCUT2D eigenvalue weighted by atomic mass is 10.2. The van der Waals surface area contributed by atoms with Gasteiger partial charge in [-0.1, -0.05) is 35.9 Å². The Kier molecular flexibility index (Phi) is 8.72. The molecule has 0 spiro atoms. The molecule has 0 atom stereocenters. The minimum atomic E-state index is -3.56. The molecule has 1 N–H and O–H groups in total. The molecule has 2 rings (SSSR count). The molecular weight excluding hydrogens is 412 g/mol. The van der Waals surface area contributed by atoms with E-state index in [1.165, 1.54) is 22.9 Å². The molecule has 28 heavy (non-hydrogen) atoms. The standard InChI is InChI=1S/C20H26N2O3S3/c1-16-6-4-7-17(12-16)15-27-11-10-21-20(23)14-22(28(3,24)25)18-8-5-9-19(13-18)26-2/h4-9,12-13H,10-11,14-15H2,1-3H3,(H,21,23). The fourth-order valence-corrected chi connectivity index (χ4v) is 4.71. The summed E-state index contributed by atoms with van der Waals surface area (Å²) in [5.41, 5.74) is 2.99. The van der Waals surface area contributed by atoms with Gasteiger partial charge in [0.15, 0.2) is 0 Å². The molecule has 0 saturated heterocycles. The van der Waals surface area contributed by atoms with Gasteiger partial charge in [0.2, 0.25) is 15.9 Å². The van der Waals surface area contributed by atoms with E-state index in [4.69, 9.17) is 0 Å². The van der Waals surface area contributed by atoms with E-state index >= 15 is 0 Å². The molecule has 0 unspecified atom stereocenters. The Hall–Kier alpha value is -1.64. The number of benzene rings is 2. The van der Waals surface area contributed by atoms with Crippen molar-refractivity contribution in [1.29, 1.82) is 0 Å². The van der Waals surface area contributed by atoms with E-state index in [1.807, 2.05) is 18.4 Å². The number of nitrogens with zero attached hydrogens (tertiary/aromatic N) is 1. The van der Waals surface area contributed by atoms with Crippen molar-refractivity contribution in [3.8, 4) is 0 Å². The van der Waals surface area contributed by atoms with Crippen LogP contribution in [0.15, 0.2) is 53.4 Å². The predicted molar refractivity (Wildman–Crippen MR) is 121 cm³/mol.